The SMILES string of the molecule is C/C(=C\c1ccccc1[N+](=O)[O-])C(=O)Cl. The Morgan fingerprint density at radius 2 is 2.07 bits per heavy atom. The van der Waals surface area contributed by atoms with E-state index in [4.69, 9.17) is 11.6 Å². The summed E-state index contributed by atoms with van der Waals surface area (Å²) in [4.78, 5) is 20.9. The summed E-state index contributed by atoms with van der Waals surface area (Å²) in [5.41, 5.74) is 0.592. The number of nitro benzene ring substituents is 1. The maximum Gasteiger partial charge on any atom is 0.276 e. The summed E-state index contributed by atoms with van der Waals surface area (Å²) in [6, 6.07) is 6.15. The van der Waals surface area contributed by atoms with Gasteiger partial charge in [-0.25, -0.2) is 0 Å². The summed E-state index contributed by atoms with van der Waals surface area (Å²) in [5.74, 6) is 0. The fourth-order valence-corrected chi connectivity index (χ4v) is 1.12. The summed E-state index contributed by atoms with van der Waals surface area (Å²) >= 11 is 5.23. The van der Waals surface area contributed by atoms with Crippen LogP contribution in [0.15, 0.2) is 29.8 Å². The monoisotopic (exact) mass is 225 g/mol. The van der Waals surface area contributed by atoms with Crippen molar-refractivity contribution in [3.8, 4) is 0 Å². The van der Waals surface area contributed by atoms with Crippen molar-refractivity contribution in [3.05, 3.63) is 45.5 Å². The first-order chi connectivity index (χ1) is 7.02. The van der Waals surface area contributed by atoms with Crippen molar-refractivity contribution in [1.82, 2.24) is 0 Å². The number of hydrogen-bond donors (Lipinski definition) is 0. The first kappa shape index (κ1) is 11.4. The van der Waals surface area contributed by atoms with E-state index in [1.54, 1.807) is 18.2 Å². The maximum absolute atomic E-state index is 10.8. The third-order valence-electron chi connectivity index (χ3n) is 1.82. The van der Waals surface area contributed by atoms with Crippen molar-refractivity contribution in [2.45, 2.75) is 6.92 Å². The predicted octanol–water partition coefficient (Wildman–Crippen LogP) is 2.76. The second-order valence-corrected chi connectivity index (χ2v) is 3.26. The molecule has 0 unspecified atom stereocenters. The molecule has 0 heterocycles. The molecule has 1 aromatic rings. The Balaban J connectivity index is 3.20. The molecule has 78 valence electrons. The molecule has 5 heteroatoms. The predicted molar refractivity (Wildman–Crippen MR) is 57.6 cm³/mol. The molecule has 0 saturated carbocycles. The number of allylic oxidation sites excluding steroid dienone is 1. The third-order valence-corrected chi connectivity index (χ3v) is 2.11. The zero-order valence-corrected chi connectivity index (χ0v) is 8.69. The molecule has 0 fully saturated rings. The van der Waals surface area contributed by atoms with E-state index < -0.39 is 10.2 Å². The van der Waals surface area contributed by atoms with Gasteiger partial charge in [0, 0.05) is 11.6 Å². The molecule has 0 N–H and O–H groups in total. The van der Waals surface area contributed by atoms with Crippen molar-refractivity contribution in [2.75, 3.05) is 0 Å². The van der Waals surface area contributed by atoms with Crippen LogP contribution in [0.25, 0.3) is 6.08 Å². The Kier molecular flexibility index (Phi) is 3.57. The van der Waals surface area contributed by atoms with E-state index in [0.29, 0.717) is 5.56 Å². The smallest absolute Gasteiger partial charge is 0.276 e. The summed E-state index contributed by atoms with van der Waals surface area (Å²) < 4.78 is 0. The van der Waals surface area contributed by atoms with Crippen LogP contribution < -0.4 is 0 Å². The molecule has 1 aromatic carbocycles. The standard InChI is InChI=1S/C10H8ClNO3/c1-7(10(11)13)6-8-4-2-3-5-9(8)12(14)15/h2-6H,1H3/b7-6+. The van der Waals surface area contributed by atoms with Gasteiger partial charge in [0.2, 0.25) is 5.24 Å². The van der Waals surface area contributed by atoms with Crippen LogP contribution in [0.2, 0.25) is 0 Å². The van der Waals surface area contributed by atoms with Gasteiger partial charge in [-0.2, -0.15) is 0 Å². The largest absolute Gasteiger partial charge is 0.276 e. The summed E-state index contributed by atoms with van der Waals surface area (Å²) in [7, 11) is 0. The average Bonchev–Trinajstić information content (AvgIpc) is 2.18. The molecule has 0 spiro atoms. The molecular formula is C10H8ClNO3. The topological polar surface area (TPSA) is 60.2 Å². The van der Waals surface area contributed by atoms with Crippen molar-refractivity contribution in [3.63, 3.8) is 0 Å². The number of carbonyl (C=O) groups is 1. The lowest BCUT2D eigenvalue weighted by Crippen LogP contribution is -1.93. The van der Waals surface area contributed by atoms with Gasteiger partial charge in [-0.3, -0.25) is 14.9 Å². The molecule has 0 aliphatic rings. The van der Waals surface area contributed by atoms with Crippen LogP contribution in [0.5, 0.6) is 0 Å². The van der Waals surface area contributed by atoms with Gasteiger partial charge < -0.3 is 0 Å². The van der Waals surface area contributed by atoms with E-state index in [1.165, 1.54) is 19.1 Å². The van der Waals surface area contributed by atoms with Gasteiger partial charge in [0.25, 0.3) is 5.69 Å². The molecule has 0 atom stereocenters. The van der Waals surface area contributed by atoms with Crippen LogP contribution in [0.1, 0.15) is 12.5 Å². The molecule has 0 bridgehead atoms. The third kappa shape index (κ3) is 2.89. The highest BCUT2D eigenvalue weighted by atomic mass is 35.5. The first-order valence-corrected chi connectivity index (χ1v) is 4.51. The number of rotatable bonds is 3. The van der Waals surface area contributed by atoms with E-state index in [0.717, 1.165) is 0 Å². The lowest BCUT2D eigenvalue weighted by atomic mass is 10.1. The van der Waals surface area contributed by atoms with E-state index >= 15 is 0 Å². The minimum absolute atomic E-state index is 0.0465. The number of para-hydroxylation sites is 1. The molecule has 4 nitrogen and oxygen atoms in total. The zero-order chi connectivity index (χ0) is 11.4. The number of carbonyl (C=O) groups excluding carboxylic acids is 1. The second kappa shape index (κ2) is 4.70. The molecule has 15 heavy (non-hydrogen) atoms. The van der Waals surface area contributed by atoms with Gasteiger partial charge in [-0.1, -0.05) is 12.1 Å². The summed E-state index contributed by atoms with van der Waals surface area (Å²) in [5, 5.41) is 10.0. The normalized spacial score (nSPS) is 11.2. The Morgan fingerprint density at radius 3 is 2.60 bits per heavy atom. The molecular weight excluding hydrogens is 218 g/mol. The Labute approximate surface area is 91.3 Å². The van der Waals surface area contributed by atoms with E-state index in [9.17, 15) is 14.9 Å². The summed E-state index contributed by atoms with van der Waals surface area (Å²) in [6.07, 6.45) is 1.40. The molecule has 1 rings (SSSR count). The Bertz CT molecular complexity index is 440. The van der Waals surface area contributed by atoms with E-state index in [2.05, 4.69) is 0 Å². The highest BCUT2D eigenvalue weighted by Crippen LogP contribution is 2.20. The molecule has 0 radical (unpaired) electrons. The van der Waals surface area contributed by atoms with Crippen molar-refractivity contribution < 1.29 is 9.72 Å². The Hall–Kier alpha value is -1.68. The van der Waals surface area contributed by atoms with Gasteiger partial charge in [-0.05, 0) is 30.7 Å². The number of halogens is 1. The maximum atomic E-state index is 10.8. The fourth-order valence-electron chi connectivity index (χ4n) is 1.07. The van der Waals surface area contributed by atoms with Gasteiger partial charge in [0.1, 0.15) is 0 Å². The number of hydrogen-bond acceptors (Lipinski definition) is 3. The van der Waals surface area contributed by atoms with Crippen molar-refractivity contribution in [2.24, 2.45) is 0 Å². The fraction of sp³-hybridized carbons (Fsp3) is 0.100. The minimum Gasteiger partial charge on any atom is -0.276 e. The van der Waals surface area contributed by atoms with Crippen LogP contribution in [0, 0.1) is 10.1 Å². The van der Waals surface area contributed by atoms with Gasteiger partial charge in [0.05, 0.1) is 10.5 Å². The second-order valence-electron chi connectivity index (χ2n) is 2.92. The van der Waals surface area contributed by atoms with Crippen LogP contribution in [-0.4, -0.2) is 10.2 Å². The average molecular weight is 226 g/mol. The lowest BCUT2D eigenvalue weighted by Gasteiger charge is -1.97. The van der Waals surface area contributed by atoms with Crippen LogP contribution in [0.3, 0.4) is 0 Å². The molecule has 0 amide bonds. The molecule has 0 aromatic heterocycles. The molecule has 0 saturated heterocycles. The quantitative estimate of drug-likeness (QED) is 0.344. The lowest BCUT2D eigenvalue weighted by molar-refractivity contribution is -0.385. The van der Waals surface area contributed by atoms with Gasteiger partial charge >= 0.3 is 0 Å². The number of nitrogens with zero attached hydrogens (tertiary/aromatic N) is 1. The van der Waals surface area contributed by atoms with Gasteiger partial charge in [0.15, 0.2) is 0 Å². The van der Waals surface area contributed by atoms with E-state index in [-0.39, 0.29) is 11.3 Å². The number of nitro groups is 1. The van der Waals surface area contributed by atoms with Crippen LogP contribution >= 0.6 is 11.6 Å². The number of benzene rings is 1. The first-order valence-electron chi connectivity index (χ1n) is 4.14. The van der Waals surface area contributed by atoms with E-state index in [1.807, 2.05) is 0 Å². The zero-order valence-electron chi connectivity index (χ0n) is 7.94. The van der Waals surface area contributed by atoms with Crippen molar-refractivity contribution >= 4 is 28.6 Å². The summed E-state index contributed by atoms with van der Waals surface area (Å²) in [6.45, 7) is 1.51. The van der Waals surface area contributed by atoms with Gasteiger partial charge in [-0.15, -0.1) is 0 Å². The van der Waals surface area contributed by atoms with Crippen LogP contribution in [-0.2, 0) is 4.79 Å². The molecule has 0 aliphatic carbocycles. The van der Waals surface area contributed by atoms with Crippen LogP contribution in [0.4, 0.5) is 5.69 Å². The molecule has 0 aliphatic heterocycles. The van der Waals surface area contributed by atoms with Crippen molar-refractivity contribution in [1.29, 1.82) is 0 Å². The minimum atomic E-state index is -0.617. The Morgan fingerprint density at radius 1 is 1.47 bits per heavy atom. The highest BCUT2D eigenvalue weighted by molar-refractivity contribution is 6.68. The highest BCUT2D eigenvalue weighted by Gasteiger charge is 2.11.